The molecule has 0 atom stereocenters. The molecule has 2 rings (SSSR count). The molecule has 1 nitrogen and oxygen atoms in total. The molecular formula is C11H11BNS. The fourth-order valence-electron chi connectivity index (χ4n) is 1.38. The highest BCUT2D eigenvalue weighted by atomic mass is 32.1. The third kappa shape index (κ3) is 1.68. The maximum atomic E-state index is 5.85. The van der Waals surface area contributed by atoms with E-state index in [-0.39, 0.29) is 0 Å². The lowest BCUT2D eigenvalue weighted by Gasteiger charge is -2.01. The summed E-state index contributed by atoms with van der Waals surface area (Å²) in [6.07, 6.45) is 0. The van der Waals surface area contributed by atoms with Gasteiger partial charge < -0.3 is 5.73 Å². The second-order valence-corrected chi connectivity index (χ2v) is 4.03. The third-order valence-electron chi connectivity index (χ3n) is 2.20. The number of anilines is 1. The third-order valence-corrected chi connectivity index (χ3v) is 3.18. The lowest BCUT2D eigenvalue weighted by Crippen LogP contribution is -2.08. The van der Waals surface area contributed by atoms with Gasteiger partial charge in [0.25, 0.3) is 0 Å². The molecule has 1 heterocycles. The van der Waals surface area contributed by atoms with Crippen LogP contribution in [-0.4, -0.2) is 7.28 Å². The minimum atomic E-state index is 0.864. The Kier molecular flexibility index (Phi) is 2.59. The van der Waals surface area contributed by atoms with E-state index in [4.69, 9.17) is 5.73 Å². The first-order valence-corrected chi connectivity index (χ1v) is 5.42. The predicted octanol–water partition coefficient (Wildman–Crippen LogP) is 2.37. The summed E-state index contributed by atoms with van der Waals surface area (Å²) in [5, 5.41) is 2.02. The zero-order valence-corrected chi connectivity index (χ0v) is 8.84. The van der Waals surface area contributed by atoms with Crippen molar-refractivity contribution in [3.63, 3.8) is 0 Å². The predicted molar refractivity (Wildman–Crippen MR) is 65.4 cm³/mol. The zero-order chi connectivity index (χ0) is 9.97. The van der Waals surface area contributed by atoms with Crippen molar-refractivity contribution in [3.05, 3.63) is 35.7 Å². The van der Waals surface area contributed by atoms with Crippen molar-refractivity contribution in [2.45, 2.75) is 6.82 Å². The molecule has 1 aromatic heterocycles. The summed E-state index contributed by atoms with van der Waals surface area (Å²) < 4.78 is 0. The lowest BCUT2D eigenvalue weighted by molar-refractivity contribution is 1.73. The molecule has 69 valence electrons. The van der Waals surface area contributed by atoms with E-state index < -0.39 is 0 Å². The highest BCUT2D eigenvalue weighted by Gasteiger charge is 2.02. The first kappa shape index (κ1) is 9.34. The van der Waals surface area contributed by atoms with Gasteiger partial charge in [-0.25, -0.2) is 0 Å². The summed E-state index contributed by atoms with van der Waals surface area (Å²) in [5.74, 6) is 0. The van der Waals surface area contributed by atoms with Crippen LogP contribution in [0.5, 0.6) is 0 Å². The molecule has 2 aromatic rings. The second-order valence-electron chi connectivity index (χ2n) is 3.12. The minimum absolute atomic E-state index is 0.864. The Labute approximate surface area is 88.8 Å². The fraction of sp³-hybridized carbons (Fsp3) is 0.0909. The minimum Gasteiger partial charge on any atom is -0.398 e. The van der Waals surface area contributed by atoms with Gasteiger partial charge in [-0.15, -0.1) is 11.3 Å². The maximum Gasteiger partial charge on any atom is 0.148 e. The van der Waals surface area contributed by atoms with Crippen molar-refractivity contribution in [2.75, 3.05) is 5.73 Å². The molecule has 0 aliphatic heterocycles. The van der Waals surface area contributed by atoms with Crippen LogP contribution in [0.25, 0.3) is 10.4 Å². The molecule has 0 saturated heterocycles. The van der Waals surface area contributed by atoms with Gasteiger partial charge in [0, 0.05) is 0 Å². The molecule has 14 heavy (non-hydrogen) atoms. The van der Waals surface area contributed by atoms with E-state index in [2.05, 4.69) is 31.5 Å². The monoisotopic (exact) mass is 200 g/mol. The van der Waals surface area contributed by atoms with Crippen molar-refractivity contribution in [1.82, 2.24) is 0 Å². The summed E-state index contributed by atoms with van der Waals surface area (Å²) in [5.41, 5.74) is 9.15. The van der Waals surface area contributed by atoms with Gasteiger partial charge in [-0.1, -0.05) is 36.6 Å². The summed E-state index contributed by atoms with van der Waals surface area (Å²) in [7, 11) is 2.08. The molecule has 1 aromatic carbocycles. The van der Waals surface area contributed by atoms with Crippen molar-refractivity contribution < 1.29 is 0 Å². The average Bonchev–Trinajstić information content (AvgIpc) is 2.65. The van der Waals surface area contributed by atoms with E-state index in [0.29, 0.717) is 0 Å². The van der Waals surface area contributed by atoms with Gasteiger partial charge in [-0.3, -0.25) is 0 Å². The number of rotatable bonds is 2. The van der Waals surface area contributed by atoms with Gasteiger partial charge in [-0.2, -0.15) is 0 Å². The van der Waals surface area contributed by atoms with Gasteiger partial charge in [0.2, 0.25) is 0 Å². The summed E-state index contributed by atoms with van der Waals surface area (Å²) in [6, 6.07) is 10.4. The maximum absolute atomic E-state index is 5.85. The van der Waals surface area contributed by atoms with Gasteiger partial charge in [-0.05, 0) is 17.0 Å². The van der Waals surface area contributed by atoms with Gasteiger partial charge >= 0.3 is 0 Å². The highest BCUT2D eigenvalue weighted by molar-refractivity contribution is 7.14. The van der Waals surface area contributed by atoms with Crippen molar-refractivity contribution in [1.29, 1.82) is 0 Å². The van der Waals surface area contributed by atoms with E-state index in [1.54, 1.807) is 11.3 Å². The molecule has 0 aliphatic carbocycles. The molecule has 0 unspecified atom stereocenters. The summed E-state index contributed by atoms with van der Waals surface area (Å²) in [4.78, 5) is 1.16. The zero-order valence-electron chi connectivity index (χ0n) is 8.03. The topological polar surface area (TPSA) is 26.0 Å². The molecule has 3 heteroatoms. The van der Waals surface area contributed by atoms with E-state index in [0.717, 1.165) is 10.6 Å². The Bertz CT molecular complexity index is 419. The SMILES string of the molecule is C[B]c1ccc(-c2sccc2N)cc1. The van der Waals surface area contributed by atoms with Crippen LogP contribution in [-0.2, 0) is 0 Å². The smallest absolute Gasteiger partial charge is 0.148 e. The fourth-order valence-corrected chi connectivity index (χ4v) is 2.21. The molecule has 0 saturated carbocycles. The lowest BCUT2D eigenvalue weighted by atomic mass is 9.73. The molecule has 0 aliphatic rings. The van der Waals surface area contributed by atoms with Crippen molar-refractivity contribution >= 4 is 29.8 Å². The van der Waals surface area contributed by atoms with E-state index >= 15 is 0 Å². The normalized spacial score (nSPS) is 10.1. The quantitative estimate of drug-likeness (QED) is 0.740. The number of hydrogen-bond donors (Lipinski definition) is 1. The summed E-state index contributed by atoms with van der Waals surface area (Å²) >= 11 is 1.68. The van der Waals surface area contributed by atoms with Crippen LogP contribution < -0.4 is 11.2 Å². The van der Waals surface area contributed by atoms with Crippen LogP contribution in [0.1, 0.15) is 0 Å². The molecule has 1 radical (unpaired) electrons. The Hall–Kier alpha value is -1.22. The van der Waals surface area contributed by atoms with E-state index in [1.807, 2.05) is 18.3 Å². The number of nitrogens with two attached hydrogens (primary N) is 1. The van der Waals surface area contributed by atoms with Crippen LogP contribution in [0.15, 0.2) is 35.7 Å². The molecule has 0 amide bonds. The Morgan fingerprint density at radius 2 is 1.86 bits per heavy atom. The molecular weight excluding hydrogens is 189 g/mol. The number of nitrogen functional groups attached to an aromatic ring is 1. The van der Waals surface area contributed by atoms with E-state index in [9.17, 15) is 0 Å². The molecule has 0 fully saturated rings. The Balaban J connectivity index is 2.39. The second kappa shape index (κ2) is 3.88. The van der Waals surface area contributed by atoms with Crippen molar-refractivity contribution in [3.8, 4) is 10.4 Å². The average molecular weight is 200 g/mol. The van der Waals surface area contributed by atoms with Crippen LogP contribution in [0.2, 0.25) is 6.82 Å². The first-order valence-electron chi connectivity index (χ1n) is 4.54. The largest absolute Gasteiger partial charge is 0.398 e. The van der Waals surface area contributed by atoms with Crippen LogP contribution in [0.3, 0.4) is 0 Å². The van der Waals surface area contributed by atoms with Crippen LogP contribution in [0, 0.1) is 0 Å². The summed E-state index contributed by atoms with van der Waals surface area (Å²) in [6.45, 7) is 2.04. The Morgan fingerprint density at radius 1 is 1.14 bits per heavy atom. The highest BCUT2D eigenvalue weighted by Crippen LogP contribution is 2.30. The molecule has 0 bridgehead atoms. The van der Waals surface area contributed by atoms with Gasteiger partial charge in [0.05, 0.1) is 10.6 Å². The first-order chi connectivity index (χ1) is 6.81. The van der Waals surface area contributed by atoms with Gasteiger partial charge in [0.15, 0.2) is 0 Å². The van der Waals surface area contributed by atoms with Gasteiger partial charge in [0.1, 0.15) is 7.28 Å². The Morgan fingerprint density at radius 3 is 2.36 bits per heavy atom. The number of thiophene rings is 1. The molecule has 2 N–H and O–H groups in total. The standard InChI is InChI=1S/C11H11BNS/c1-12-9-4-2-8(3-5-9)11-10(13)6-7-14-11/h2-7H,13H2,1H3. The molecule has 0 spiro atoms. The number of hydrogen-bond acceptors (Lipinski definition) is 2. The van der Waals surface area contributed by atoms with Crippen LogP contribution >= 0.6 is 11.3 Å². The van der Waals surface area contributed by atoms with Crippen LogP contribution in [0.4, 0.5) is 5.69 Å². The van der Waals surface area contributed by atoms with E-state index in [1.165, 1.54) is 11.0 Å². The van der Waals surface area contributed by atoms with Crippen molar-refractivity contribution in [2.24, 2.45) is 0 Å². The number of benzene rings is 1.